The molecular weight excluding hydrogens is 312 g/mol. The van der Waals surface area contributed by atoms with Gasteiger partial charge in [0.25, 0.3) is 0 Å². The van der Waals surface area contributed by atoms with Crippen LogP contribution in [0.15, 0.2) is 0 Å². The van der Waals surface area contributed by atoms with Crippen molar-refractivity contribution in [2.24, 2.45) is 5.41 Å². The summed E-state index contributed by atoms with van der Waals surface area (Å²) in [6, 6.07) is 0. The fourth-order valence-corrected chi connectivity index (χ4v) is 4.40. The fraction of sp³-hybridized carbons (Fsp3) is 1.00. The van der Waals surface area contributed by atoms with Crippen molar-refractivity contribution < 1.29 is 13.2 Å². The van der Waals surface area contributed by atoms with Crippen molar-refractivity contribution in [3.63, 3.8) is 0 Å². The Morgan fingerprint density at radius 2 is 1.26 bits per heavy atom. The van der Waals surface area contributed by atoms with Gasteiger partial charge in [-0.3, -0.25) is 9.80 Å². The molecule has 6 heteroatoms. The monoisotopic (exact) mass is 346 g/mol. The topological polar surface area (TPSA) is 49.9 Å². The van der Waals surface area contributed by atoms with E-state index in [1.54, 1.807) is 0 Å². The molecule has 3 aliphatic heterocycles. The third-order valence-corrected chi connectivity index (χ3v) is 6.72. The molecule has 0 saturated carbocycles. The number of hydrogen-bond donors (Lipinski definition) is 0. The van der Waals surface area contributed by atoms with Crippen LogP contribution in [0.5, 0.6) is 0 Å². The molecule has 3 fully saturated rings. The van der Waals surface area contributed by atoms with Gasteiger partial charge in [0.15, 0.2) is 9.84 Å². The zero-order valence-corrected chi connectivity index (χ0v) is 16.5. The van der Waals surface area contributed by atoms with Crippen molar-refractivity contribution in [2.45, 2.75) is 52.6 Å². The number of ether oxygens (including phenoxy) is 1. The minimum Gasteiger partial charge on any atom is -0.380 e. The van der Waals surface area contributed by atoms with E-state index in [2.05, 4.69) is 51.3 Å². The lowest BCUT2D eigenvalue weighted by molar-refractivity contribution is -0.207. The highest BCUT2D eigenvalue weighted by Crippen LogP contribution is 2.40. The summed E-state index contributed by atoms with van der Waals surface area (Å²) >= 11 is 0. The second-order valence-corrected chi connectivity index (χ2v) is 11.6. The van der Waals surface area contributed by atoms with E-state index in [0.717, 1.165) is 13.2 Å². The predicted octanol–water partition coefficient (Wildman–Crippen LogP) is 1.63. The summed E-state index contributed by atoms with van der Waals surface area (Å²) in [4.78, 5) is 4.74. The molecule has 0 radical (unpaired) electrons. The molecule has 0 aromatic rings. The van der Waals surface area contributed by atoms with Crippen molar-refractivity contribution in [3.05, 3.63) is 0 Å². The van der Waals surface area contributed by atoms with Crippen molar-refractivity contribution >= 4 is 9.84 Å². The van der Waals surface area contributed by atoms with E-state index in [4.69, 9.17) is 4.74 Å². The minimum absolute atomic E-state index is 0.107. The van der Waals surface area contributed by atoms with E-state index in [9.17, 15) is 8.42 Å². The Morgan fingerprint density at radius 1 is 0.826 bits per heavy atom. The van der Waals surface area contributed by atoms with Gasteiger partial charge in [0, 0.05) is 42.7 Å². The summed E-state index contributed by atoms with van der Waals surface area (Å²) in [5.74, 6) is 0.647. The maximum absolute atomic E-state index is 11.1. The molecule has 1 spiro atoms. The maximum Gasteiger partial charge on any atom is 0.152 e. The van der Waals surface area contributed by atoms with Gasteiger partial charge in [-0.05, 0) is 41.5 Å². The molecule has 3 heterocycles. The predicted molar refractivity (Wildman–Crippen MR) is 94.6 cm³/mol. The first kappa shape index (κ1) is 19.2. The van der Waals surface area contributed by atoms with Crippen LogP contribution in [0.3, 0.4) is 0 Å². The van der Waals surface area contributed by atoms with E-state index in [-0.39, 0.29) is 5.54 Å². The van der Waals surface area contributed by atoms with Crippen molar-refractivity contribution in [2.75, 3.05) is 50.9 Å². The molecule has 0 unspecified atom stereocenters. The van der Waals surface area contributed by atoms with Crippen LogP contribution in [-0.2, 0) is 14.6 Å². The van der Waals surface area contributed by atoms with E-state index in [1.165, 1.54) is 13.1 Å². The molecule has 0 bridgehead atoms. The summed E-state index contributed by atoms with van der Waals surface area (Å²) in [5.41, 5.74) is 1.05. The molecule has 0 aromatic heterocycles. The average Bonchev–Trinajstić information content (AvgIpc) is 2.21. The van der Waals surface area contributed by atoms with E-state index < -0.39 is 9.84 Å². The zero-order chi connectivity index (χ0) is 17.5. The highest BCUT2D eigenvalue weighted by molar-refractivity contribution is 7.91. The average molecular weight is 347 g/mol. The van der Waals surface area contributed by atoms with Crippen molar-refractivity contribution in [3.8, 4) is 0 Å². The normalized spacial score (nSPS) is 27.6. The largest absolute Gasteiger partial charge is 0.380 e. The Hall–Kier alpha value is -0.170. The van der Waals surface area contributed by atoms with Crippen LogP contribution < -0.4 is 0 Å². The first-order chi connectivity index (χ1) is 10.3. The summed E-state index contributed by atoms with van der Waals surface area (Å²) in [6.07, 6.45) is 0. The zero-order valence-electron chi connectivity index (χ0n) is 15.7. The Balaban J connectivity index is 0.000000167. The van der Waals surface area contributed by atoms with Gasteiger partial charge in [-0.25, -0.2) is 8.42 Å². The van der Waals surface area contributed by atoms with Crippen LogP contribution >= 0.6 is 0 Å². The second kappa shape index (κ2) is 6.28. The minimum atomic E-state index is -2.72. The third kappa shape index (κ3) is 4.91. The molecule has 136 valence electrons. The molecule has 0 aliphatic carbocycles. The Kier molecular flexibility index (Phi) is 5.23. The van der Waals surface area contributed by atoms with Gasteiger partial charge in [-0.1, -0.05) is 0 Å². The number of likely N-dealkylation sites (tertiary alicyclic amines) is 1. The molecule has 0 N–H and O–H groups in total. The lowest BCUT2D eigenvalue weighted by Gasteiger charge is -2.59. The molecule has 3 saturated heterocycles. The summed E-state index contributed by atoms with van der Waals surface area (Å²) < 4.78 is 27.4. The number of hydrogen-bond acceptors (Lipinski definition) is 5. The Morgan fingerprint density at radius 3 is 1.57 bits per heavy atom. The maximum atomic E-state index is 11.1. The first-order valence-corrected chi connectivity index (χ1v) is 10.4. The molecule has 0 amide bonds. The van der Waals surface area contributed by atoms with Crippen molar-refractivity contribution in [1.82, 2.24) is 9.80 Å². The van der Waals surface area contributed by atoms with Gasteiger partial charge < -0.3 is 4.74 Å². The van der Waals surface area contributed by atoms with Crippen molar-refractivity contribution in [1.29, 1.82) is 0 Å². The lowest BCUT2D eigenvalue weighted by Crippen LogP contribution is -2.69. The van der Waals surface area contributed by atoms with Crippen LogP contribution in [-0.4, -0.2) is 80.2 Å². The van der Waals surface area contributed by atoms with Gasteiger partial charge in [0.05, 0.1) is 24.7 Å². The number of rotatable bonds is 0. The van der Waals surface area contributed by atoms with E-state index in [1.807, 2.05) is 0 Å². The van der Waals surface area contributed by atoms with Gasteiger partial charge >= 0.3 is 0 Å². The van der Waals surface area contributed by atoms with Gasteiger partial charge in [-0.2, -0.15) is 0 Å². The molecule has 0 aromatic carbocycles. The third-order valence-electron chi connectivity index (χ3n) is 5.11. The first-order valence-electron chi connectivity index (χ1n) is 8.61. The quantitative estimate of drug-likeness (QED) is 0.667. The number of nitrogens with zero attached hydrogens (tertiary/aromatic N) is 2. The number of sulfone groups is 1. The lowest BCUT2D eigenvalue weighted by atomic mass is 9.75. The molecule has 0 atom stereocenters. The SMILES string of the molecule is CC(C)(C)N1CC2(COC2)C1.CC(C)(C)N1CCS(=O)(=O)CC1. The van der Waals surface area contributed by atoms with Crippen LogP contribution in [0.2, 0.25) is 0 Å². The highest BCUT2D eigenvalue weighted by atomic mass is 32.2. The summed E-state index contributed by atoms with van der Waals surface area (Å²) in [7, 11) is -2.72. The Labute approximate surface area is 142 Å². The Bertz CT molecular complexity index is 491. The van der Waals surface area contributed by atoms with Gasteiger partial charge in [0.1, 0.15) is 0 Å². The molecule has 3 rings (SSSR count). The van der Waals surface area contributed by atoms with Gasteiger partial charge in [0.2, 0.25) is 0 Å². The van der Waals surface area contributed by atoms with Crippen LogP contribution in [0.25, 0.3) is 0 Å². The molecule has 23 heavy (non-hydrogen) atoms. The van der Waals surface area contributed by atoms with E-state index >= 15 is 0 Å². The summed E-state index contributed by atoms with van der Waals surface area (Å²) in [6.45, 7) is 19.0. The molecule has 5 nitrogen and oxygen atoms in total. The fourth-order valence-electron chi connectivity index (χ4n) is 3.19. The summed E-state index contributed by atoms with van der Waals surface area (Å²) in [5, 5.41) is 0. The van der Waals surface area contributed by atoms with Crippen LogP contribution in [0.4, 0.5) is 0 Å². The van der Waals surface area contributed by atoms with Gasteiger partial charge in [-0.15, -0.1) is 0 Å². The van der Waals surface area contributed by atoms with Crippen LogP contribution in [0, 0.1) is 5.41 Å². The highest BCUT2D eigenvalue weighted by Gasteiger charge is 2.51. The molecular formula is C17H34N2O3S. The molecule has 3 aliphatic rings. The standard InChI is InChI=1S/C9H17NO.C8H17NO2S/c1-8(2,3)10-4-9(5-10)6-11-7-9;1-8(2,3)9-4-6-12(10,11)7-5-9/h4-7H2,1-3H3;4-7H2,1-3H3. The smallest absolute Gasteiger partial charge is 0.152 e. The van der Waals surface area contributed by atoms with E-state index in [0.29, 0.717) is 35.5 Å². The second-order valence-electron chi connectivity index (χ2n) is 9.33. The van der Waals surface area contributed by atoms with Crippen LogP contribution in [0.1, 0.15) is 41.5 Å².